The van der Waals surface area contributed by atoms with Gasteiger partial charge >= 0.3 is 21.2 Å². The molecule has 0 amide bonds. The molecular formula is C6H12O8P2. The van der Waals surface area contributed by atoms with E-state index in [1.165, 1.54) is 0 Å². The van der Waals surface area contributed by atoms with E-state index in [0.717, 1.165) is 6.92 Å². The largest absolute Gasteiger partial charge is 0.478 e. The third kappa shape index (κ3) is 3.01. The van der Waals surface area contributed by atoms with Gasteiger partial charge in [-0.3, -0.25) is 9.13 Å². The lowest BCUT2D eigenvalue weighted by atomic mass is 10.2. The van der Waals surface area contributed by atoms with Crippen molar-refractivity contribution in [3.8, 4) is 0 Å². The molecule has 0 fully saturated rings. The first-order chi connectivity index (χ1) is 6.83. The van der Waals surface area contributed by atoms with Crippen molar-refractivity contribution >= 4 is 21.2 Å². The Labute approximate surface area is 90.9 Å². The molecule has 0 rings (SSSR count). The molecule has 0 unspecified atom stereocenters. The summed E-state index contributed by atoms with van der Waals surface area (Å²) in [4.78, 5) is 43.2. The Balaban J connectivity index is 5.85. The van der Waals surface area contributed by atoms with Gasteiger partial charge in [0.1, 0.15) is 0 Å². The van der Waals surface area contributed by atoms with Crippen LogP contribution in [-0.2, 0) is 13.9 Å². The van der Waals surface area contributed by atoms with Gasteiger partial charge in [0, 0.05) is 5.57 Å². The van der Waals surface area contributed by atoms with Crippen LogP contribution in [0.5, 0.6) is 0 Å². The first-order valence-electron chi connectivity index (χ1n) is 3.87. The van der Waals surface area contributed by atoms with E-state index in [1.807, 2.05) is 0 Å². The molecule has 16 heavy (non-hydrogen) atoms. The molecule has 94 valence electrons. The van der Waals surface area contributed by atoms with Crippen molar-refractivity contribution in [1.29, 1.82) is 0 Å². The lowest BCUT2D eigenvalue weighted by Crippen LogP contribution is -2.23. The van der Waals surface area contributed by atoms with Crippen molar-refractivity contribution in [2.24, 2.45) is 0 Å². The van der Waals surface area contributed by atoms with E-state index in [2.05, 4.69) is 0 Å². The highest BCUT2D eigenvalue weighted by Crippen LogP contribution is 2.69. The zero-order valence-electron chi connectivity index (χ0n) is 8.43. The minimum Gasteiger partial charge on any atom is -0.478 e. The maximum Gasteiger partial charge on any atom is 0.347 e. The zero-order chi connectivity index (χ0) is 13.4. The Morgan fingerprint density at radius 3 is 1.62 bits per heavy atom. The first kappa shape index (κ1) is 15.5. The van der Waals surface area contributed by atoms with E-state index >= 15 is 0 Å². The second-order valence-corrected chi connectivity index (χ2v) is 7.70. The number of carboxylic acid groups (broad SMARTS) is 1. The smallest absolute Gasteiger partial charge is 0.347 e. The van der Waals surface area contributed by atoms with E-state index in [1.54, 1.807) is 0 Å². The Kier molecular flexibility index (Phi) is 4.27. The number of allylic oxidation sites excluding steroid dienone is 1. The van der Waals surface area contributed by atoms with E-state index in [0.29, 0.717) is 13.0 Å². The van der Waals surface area contributed by atoms with Gasteiger partial charge in [-0.1, -0.05) is 0 Å². The molecule has 0 bridgehead atoms. The summed E-state index contributed by atoms with van der Waals surface area (Å²) in [7, 11) is -10.4. The second-order valence-electron chi connectivity index (χ2n) is 3.31. The van der Waals surface area contributed by atoms with Crippen LogP contribution in [0.4, 0.5) is 0 Å². The third-order valence-corrected chi connectivity index (χ3v) is 6.19. The summed E-state index contributed by atoms with van der Waals surface area (Å²) < 4.78 is 22.0. The van der Waals surface area contributed by atoms with Gasteiger partial charge in [-0.15, -0.1) is 0 Å². The third-order valence-electron chi connectivity index (χ3n) is 2.01. The molecule has 10 heteroatoms. The predicted molar refractivity (Wildman–Crippen MR) is 53.9 cm³/mol. The summed E-state index contributed by atoms with van der Waals surface area (Å²) in [5.74, 6) is -1.52. The predicted octanol–water partition coefficient (Wildman–Crippen LogP) is 0.0889. The van der Waals surface area contributed by atoms with Crippen molar-refractivity contribution in [2.75, 3.05) is 0 Å². The van der Waals surface area contributed by atoms with Gasteiger partial charge in [0.15, 0.2) is 4.90 Å². The minimum absolute atomic E-state index is 0.386. The lowest BCUT2D eigenvalue weighted by molar-refractivity contribution is -0.132. The fourth-order valence-corrected chi connectivity index (χ4v) is 2.89. The Morgan fingerprint density at radius 2 is 1.44 bits per heavy atom. The van der Waals surface area contributed by atoms with Crippen LogP contribution in [0.25, 0.3) is 0 Å². The normalized spacial score (nSPS) is 15.0. The highest BCUT2D eigenvalue weighted by Gasteiger charge is 2.55. The molecule has 0 spiro atoms. The number of hydrogen-bond acceptors (Lipinski definition) is 3. The van der Waals surface area contributed by atoms with Crippen molar-refractivity contribution in [2.45, 2.75) is 18.7 Å². The molecule has 0 radical (unpaired) electrons. The van der Waals surface area contributed by atoms with E-state index in [-0.39, 0.29) is 0 Å². The van der Waals surface area contributed by atoms with E-state index < -0.39 is 31.6 Å². The molecule has 0 aliphatic rings. The summed E-state index contributed by atoms with van der Waals surface area (Å²) in [6, 6.07) is 0. The van der Waals surface area contributed by atoms with Crippen molar-refractivity contribution in [3.05, 3.63) is 11.6 Å². The van der Waals surface area contributed by atoms with Gasteiger partial charge in [-0.25, -0.2) is 4.79 Å². The Hall–Kier alpha value is -0.490. The Bertz CT molecular complexity index is 390. The number of rotatable bonds is 4. The fourth-order valence-electron chi connectivity index (χ4n) is 0.810. The summed E-state index contributed by atoms with van der Waals surface area (Å²) in [6.45, 7) is 1.59. The van der Waals surface area contributed by atoms with Crippen LogP contribution in [0.15, 0.2) is 11.6 Å². The summed E-state index contributed by atoms with van der Waals surface area (Å²) >= 11 is 0. The average Bonchev–Trinajstić information content (AvgIpc) is 1.99. The van der Waals surface area contributed by atoms with Crippen molar-refractivity contribution < 1.29 is 38.6 Å². The number of hydrogen-bond donors (Lipinski definition) is 5. The van der Waals surface area contributed by atoms with Crippen LogP contribution in [-0.4, -0.2) is 35.5 Å². The van der Waals surface area contributed by atoms with E-state index in [9.17, 15) is 13.9 Å². The minimum atomic E-state index is -5.21. The van der Waals surface area contributed by atoms with Crippen LogP contribution in [0, 0.1) is 0 Å². The summed E-state index contributed by atoms with van der Waals surface area (Å²) in [5, 5.41) is 8.50. The molecule has 0 atom stereocenters. The second kappa shape index (κ2) is 4.41. The van der Waals surface area contributed by atoms with Gasteiger partial charge in [-0.05, 0) is 19.9 Å². The molecule has 0 aromatic rings. The SMILES string of the molecule is CC(=CC(C)(P(=O)(O)O)P(=O)(O)O)C(=O)O. The fraction of sp³-hybridized carbons (Fsp3) is 0.500. The number of carbonyl (C=O) groups is 1. The standard InChI is InChI=1S/C6H12O8P2/c1-4(5(7)8)3-6(2,15(9,10)11)16(12,13)14/h3H,1-2H3,(H,7,8)(H2,9,10,11)(H2,12,13,14). The lowest BCUT2D eigenvalue weighted by Gasteiger charge is -2.28. The number of carboxylic acids is 1. The Morgan fingerprint density at radius 1 is 1.12 bits per heavy atom. The molecule has 0 heterocycles. The molecule has 0 aromatic carbocycles. The molecule has 0 aliphatic carbocycles. The average molecular weight is 274 g/mol. The maximum atomic E-state index is 11.0. The van der Waals surface area contributed by atoms with Crippen LogP contribution < -0.4 is 0 Å². The van der Waals surface area contributed by atoms with Crippen LogP contribution >= 0.6 is 15.2 Å². The van der Waals surface area contributed by atoms with Crippen LogP contribution in [0.3, 0.4) is 0 Å². The van der Waals surface area contributed by atoms with Crippen molar-refractivity contribution in [1.82, 2.24) is 0 Å². The van der Waals surface area contributed by atoms with Crippen LogP contribution in [0.2, 0.25) is 0 Å². The number of aliphatic carboxylic acids is 1. The van der Waals surface area contributed by atoms with Gasteiger partial charge in [-0.2, -0.15) is 0 Å². The quantitative estimate of drug-likeness (QED) is 0.357. The summed E-state index contributed by atoms with van der Waals surface area (Å²) in [6.07, 6.45) is 0.386. The van der Waals surface area contributed by atoms with Gasteiger partial charge < -0.3 is 24.7 Å². The molecule has 8 nitrogen and oxygen atoms in total. The molecule has 5 N–H and O–H groups in total. The van der Waals surface area contributed by atoms with Gasteiger partial charge in [0.25, 0.3) is 0 Å². The highest BCUT2D eigenvalue weighted by molar-refractivity contribution is 7.72. The van der Waals surface area contributed by atoms with Gasteiger partial charge in [0.2, 0.25) is 0 Å². The van der Waals surface area contributed by atoms with Crippen LogP contribution in [0.1, 0.15) is 13.8 Å². The van der Waals surface area contributed by atoms with E-state index in [4.69, 9.17) is 24.7 Å². The monoisotopic (exact) mass is 274 g/mol. The van der Waals surface area contributed by atoms with Crippen molar-refractivity contribution in [3.63, 3.8) is 0 Å². The topological polar surface area (TPSA) is 152 Å². The maximum absolute atomic E-state index is 11.0. The molecular weight excluding hydrogens is 262 g/mol. The zero-order valence-corrected chi connectivity index (χ0v) is 10.2. The highest BCUT2D eigenvalue weighted by atomic mass is 31.2. The molecule has 0 saturated carbocycles. The molecule has 0 saturated heterocycles. The molecule has 0 aromatic heterocycles. The summed E-state index contributed by atoms with van der Waals surface area (Å²) in [5.41, 5.74) is -0.561. The first-order valence-corrected chi connectivity index (χ1v) is 7.09. The van der Waals surface area contributed by atoms with Gasteiger partial charge in [0.05, 0.1) is 0 Å². The molecule has 0 aliphatic heterocycles.